The molecule has 6 nitrogen and oxygen atoms in total. The van der Waals surface area contributed by atoms with Crippen LogP contribution in [-0.4, -0.2) is 33.8 Å². The third-order valence-electron chi connectivity index (χ3n) is 5.16. The first-order valence-electron chi connectivity index (χ1n) is 9.57. The van der Waals surface area contributed by atoms with Gasteiger partial charge in [0, 0.05) is 29.0 Å². The van der Waals surface area contributed by atoms with Gasteiger partial charge >= 0.3 is 0 Å². The number of likely N-dealkylation sites (tertiary alicyclic amines) is 1. The zero-order chi connectivity index (χ0) is 22.0. The van der Waals surface area contributed by atoms with Crippen LogP contribution >= 0.6 is 15.9 Å². The van der Waals surface area contributed by atoms with E-state index in [2.05, 4.69) is 20.9 Å². The van der Waals surface area contributed by atoms with Gasteiger partial charge in [-0.25, -0.2) is 0 Å². The van der Waals surface area contributed by atoms with Crippen LogP contribution in [0, 0.1) is 0 Å². The van der Waals surface area contributed by atoms with Crippen LogP contribution in [0.25, 0.3) is 5.76 Å². The molecule has 1 fully saturated rings. The maximum atomic E-state index is 13.0. The zero-order valence-corrected chi connectivity index (χ0v) is 18.2. The Labute approximate surface area is 187 Å². The van der Waals surface area contributed by atoms with Gasteiger partial charge in [-0.1, -0.05) is 46.3 Å². The summed E-state index contributed by atoms with van der Waals surface area (Å²) in [4.78, 5) is 31.6. The van der Waals surface area contributed by atoms with Gasteiger partial charge in [-0.05, 0) is 41.5 Å². The molecule has 0 bridgehead atoms. The number of hydrogen-bond acceptors (Lipinski definition) is 5. The minimum Gasteiger partial charge on any atom is -0.507 e. The van der Waals surface area contributed by atoms with Gasteiger partial charge in [0.15, 0.2) is 0 Å². The van der Waals surface area contributed by atoms with E-state index in [0.717, 1.165) is 10.0 Å². The van der Waals surface area contributed by atoms with Gasteiger partial charge in [0.05, 0.1) is 18.7 Å². The molecular weight excluding hydrogens is 460 g/mol. The number of rotatable bonds is 5. The Morgan fingerprint density at radius 1 is 1.10 bits per heavy atom. The number of hydrogen-bond donors (Lipinski definition) is 1. The number of benzene rings is 2. The molecule has 0 aliphatic carbocycles. The van der Waals surface area contributed by atoms with Gasteiger partial charge in [0.25, 0.3) is 11.7 Å². The number of aliphatic hydroxyl groups is 1. The second kappa shape index (κ2) is 8.73. The first-order chi connectivity index (χ1) is 15.0. The molecule has 1 amide bonds. The number of Topliss-reactive ketones (excluding diaryl/α,β-unsaturated/α-hetero) is 1. The van der Waals surface area contributed by atoms with Gasteiger partial charge in [0.2, 0.25) is 0 Å². The van der Waals surface area contributed by atoms with Crippen molar-refractivity contribution in [3.63, 3.8) is 0 Å². The highest BCUT2D eigenvalue weighted by Crippen LogP contribution is 2.40. The number of carbonyl (C=O) groups is 2. The molecule has 1 aromatic heterocycles. The number of methoxy groups -OCH3 is 1. The lowest BCUT2D eigenvalue weighted by Gasteiger charge is -2.25. The van der Waals surface area contributed by atoms with Crippen LogP contribution in [0.5, 0.6) is 5.75 Å². The van der Waals surface area contributed by atoms with Crippen LogP contribution in [-0.2, 0) is 16.1 Å². The molecular formula is C24H19BrN2O4. The molecule has 0 spiro atoms. The monoisotopic (exact) mass is 478 g/mol. The van der Waals surface area contributed by atoms with Crippen molar-refractivity contribution < 1.29 is 19.4 Å². The fourth-order valence-corrected chi connectivity index (χ4v) is 3.89. The Bertz CT molecular complexity index is 1140. The molecule has 1 saturated heterocycles. The standard InChI is InChI=1S/C24H19BrN2O4/c1-31-19-10-6-16(7-11-19)21-20(22(28)17-4-8-18(25)9-5-17)23(29)24(30)27(21)14-15-3-2-12-26-13-15/h2-13,21,28H,14H2,1H3/b22-20+. The second-order valence-corrected chi connectivity index (χ2v) is 7.98. The van der Waals surface area contributed by atoms with Crippen molar-refractivity contribution in [2.75, 3.05) is 7.11 Å². The van der Waals surface area contributed by atoms with Crippen LogP contribution in [0.15, 0.2) is 83.1 Å². The molecule has 2 heterocycles. The van der Waals surface area contributed by atoms with Crippen molar-refractivity contribution in [3.05, 3.63) is 99.8 Å². The minimum atomic E-state index is -0.741. The quantitative estimate of drug-likeness (QED) is 0.332. The van der Waals surface area contributed by atoms with Crippen LogP contribution in [0.1, 0.15) is 22.7 Å². The predicted octanol–water partition coefficient (Wildman–Crippen LogP) is 4.47. The Morgan fingerprint density at radius 2 is 1.81 bits per heavy atom. The second-order valence-electron chi connectivity index (χ2n) is 7.07. The average Bonchev–Trinajstić information content (AvgIpc) is 3.05. The highest BCUT2D eigenvalue weighted by molar-refractivity contribution is 9.10. The number of carbonyl (C=O) groups excluding carboxylic acids is 2. The summed E-state index contributed by atoms with van der Waals surface area (Å²) in [6.45, 7) is 0.187. The molecule has 7 heteroatoms. The van der Waals surface area contributed by atoms with Gasteiger partial charge in [-0.2, -0.15) is 0 Å². The first-order valence-corrected chi connectivity index (χ1v) is 10.4. The van der Waals surface area contributed by atoms with E-state index in [0.29, 0.717) is 16.9 Å². The number of pyridine rings is 1. The summed E-state index contributed by atoms with van der Waals surface area (Å²) in [6, 6.07) is 16.9. The summed E-state index contributed by atoms with van der Waals surface area (Å²) in [6.07, 6.45) is 3.30. The third kappa shape index (κ3) is 4.09. The number of halogens is 1. The van der Waals surface area contributed by atoms with E-state index in [9.17, 15) is 14.7 Å². The fourth-order valence-electron chi connectivity index (χ4n) is 3.63. The topological polar surface area (TPSA) is 79.7 Å². The number of nitrogens with zero attached hydrogens (tertiary/aromatic N) is 2. The van der Waals surface area contributed by atoms with E-state index in [1.165, 1.54) is 4.90 Å². The maximum absolute atomic E-state index is 13.0. The molecule has 2 aromatic carbocycles. The van der Waals surface area contributed by atoms with Crippen molar-refractivity contribution in [1.82, 2.24) is 9.88 Å². The molecule has 0 saturated carbocycles. The van der Waals surface area contributed by atoms with Crippen molar-refractivity contribution in [1.29, 1.82) is 0 Å². The minimum absolute atomic E-state index is 0.0568. The van der Waals surface area contributed by atoms with Crippen LogP contribution < -0.4 is 4.74 Å². The van der Waals surface area contributed by atoms with E-state index in [1.807, 2.05) is 6.07 Å². The Hall–Kier alpha value is -3.45. The van der Waals surface area contributed by atoms with Gasteiger partial charge in [-0.3, -0.25) is 14.6 Å². The van der Waals surface area contributed by atoms with E-state index in [1.54, 1.807) is 74.1 Å². The van der Waals surface area contributed by atoms with E-state index >= 15 is 0 Å². The number of aromatic nitrogens is 1. The molecule has 1 atom stereocenters. The summed E-state index contributed by atoms with van der Waals surface area (Å²) >= 11 is 3.36. The Morgan fingerprint density at radius 3 is 2.42 bits per heavy atom. The van der Waals surface area contributed by atoms with Crippen LogP contribution in [0.3, 0.4) is 0 Å². The van der Waals surface area contributed by atoms with E-state index in [4.69, 9.17) is 4.74 Å². The smallest absolute Gasteiger partial charge is 0.295 e. The summed E-state index contributed by atoms with van der Waals surface area (Å²) in [5.74, 6) is -0.935. The van der Waals surface area contributed by atoms with Crippen LogP contribution in [0.4, 0.5) is 0 Å². The Kier molecular flexibility index (Phi) is 5.86. The van der Waals surface area contributed by atoms with Crippen LogP contribution in [0.2, 0.25) is 0 Å². The fraction of sp³-hybridized carbons (Fsp3) is 0.125. The molecule has 4 rings (SSSR count). The van der Waals surface area contributed by atoms with Crippen molar-refractivity contribution in [2.24, 2.45) is 0 Å². The highest BCUT2D eigenvalue weighted by atomic mass is 79.9. The largest absolute Gasteiger partial charge is 0.507 e. The molecule has 1 aliphatic rings. The van der Waals surface area contributed by atoms with Crippen molar-refractivity contribution in [2.45, 2.75) is 12.6 Å². The number of ether oxygens (including phenoxy) is 1. The molecule has 31 heavy (non-hydrogen) atoms. The van der Waals surface area contributed by atoms with E-state index in [-0.39, 0.29) is 17.9 Å². The van der Waals surface area contributed by atoms with Gasteiger partial charge in [-0.15, -0.1) is 0 Å². The van der Waals surface area contributed by atoms with Crippen molar-refractivity contribution >= 4 is 33.4 Å². The zero-order valence-electron chi connectivity index (χ0n) is 16.7. The van der Waals surface area contributed by atoms with E-state index < -0.39 is 17.7 Å². The first kappa shape index (κ1) is 20.8. The number of ketones is 1. The SMILES string of the molecule is COc1ccc(C2/C(=C(\O)c3ccc(Br)cc3)C(=O)C(=O)N2Cc2cccnc2)cc1. The molecule has 1 unspecified atom stereocenters. The van der Waals surface area contributed by atoms with Gasteiger partial charge < -0.3 is 14.7 Å². The lowest BCUT2D eigenvalue weighted by molar-refractivity contribution is -0.140. The number of aliphatic hydroxyl groups excluding tert-OH is 1. The lowest BCUT2D eigenvalue weighted by atomic mass is 9.95. The highest BCUT2D eigenvalue weighted by Gasteiger charge is 2.46. The summed E-state index contributed by atoms with van der Waals surface area (Å²) < 4.78 is 6.07. The molecule has 156 valence electrons. The summed E-state index contributed by atoms with van der Waals surface area (Å²) in [7, 11) is 1.57. The predicted molar refractivity (Wildman–Crippen MR) is 119 cm³/mol. The molecule has 3 aromatic rings. The normalized spacial score (nSPS) is 17.7. The van der Waals surface area contributed by atoms with Gasteiger partial charge in [0.1, 0.15) is 11.5 Å². The molecule has 1 aliphatic heterocycles. The Balaban J connectivity index is 1.85. The molecule has 1 N–H and O–H groups in total. The third-order valence-corrected chi connectivity index (χ3v) is 5.69. The number of amides is 1. The van der Waals surface area contributed by atoms with Crippen molar-refractivity contribution in [3.8, 4) is 5.75 Å². The summed E-state index contributed by atoms with van der Waals surface area (Å²) in [5.41, 5.74) is 2.00. The maximum Gasteiger partial charge on any atom is 0.295 e. The lowest BCUT2D eigenvalue weighted by Crippen LogP contribution is -2.29. The summed E-state index contributed by atoms with van der Waals surface area (Å²) in [5, 5.41) is 11.0. The molecule has 0 radical (unpaired) electrons. The average molecular weight is 479 g/mol.